The van der Waals surface area contributed by atoms with Crippen molar-refractivity contribution in [3.63, 3.8) is 0 Å². The topological polar surface area (TPSA) is 50.2 Å². The van der Waals surface area contributed by atoms with E-state index in [4.69, 9.17) is 0 Å². The number of hydrogen-bond acceptors (Lipinski definition) is 2. The zero-order valence-corrected chi connectivity index (χ0v) is 13.8. The smallest absolute Gasteiger partial charge is 0.318 e. The van der Waals surface area contributed by atoms with E-state index in [0.717, 1.165) is 30.6 Å². The van der Waals surface area contributed by atoms with Crippen molar-refractivity contribution in [3.05, 3.63) is 54.1 Å². The lowest BCUT2D eigenvalue weighted by Crippen LogP contribution is -2.49. The van der Waals surface area contributed by atoms with Gasteiger partial charge in [0.25, 0.3) is 0 Å². The summed E-state index contributed by atoms with van der Waals surface area (Å²) in [6, 6.07) is 8.26. The highest BCUT2D eigenvalue weighted by molar-refractivity contribution is 5.75. The van der Waals surface area contributed by atoms with Crippen LogP contribution in [0.15, 0.2) is 42.9 Å². The number of nitrogens with one attached hydrogen (secondary N) is 1. The van der Waals surface area contributed by atoms with Gasteiger partial charge in [0.2, 0.25) is 0 Å². The van der Waals surface area contributed by atoms with Gasteiger partial charge >= 0.3 is 6.03 Å². The van der Waals surface area contributed by atoms with Gasteiger partial charge in [-0.25, -0.2) is 4.79 Å². The predicted octanol–water partition coefficient (Wildman–Crippen LogP) is 3.19. The van der Waals surface area contributed by atoms with Crippen LogP contribution in [0.3, 0.4) is 0 Å². The number of carbonyl (C=O) groups excluding carboxylic acids is 1. The standard InChI is InChI=1S/C18H24N4O/c1-3-15(4-2)20-18(23)22-12-11-21-10-6-8-16(21)17(22)14-7-5-9-19-13-14/h5-10,13,15,17H,3-4,11-12H2,1-2H3,(H,20,23)/t17-/m0/s1. The highest BCUT2D eigenvalue weighted by atomic mass is 16.2. The average Bonchev–Trinajstić information content (AvgIpc) is 3.08. The molecule has 0 unspecified atom stereocenters. The third-order valence-corrected chi connectivity index (χ3v) is 4.61. The molecule has 1 aliphatic heterocycles. The van der Waals surface area contributed by atoms with Crippen LogP contribution in [0.1, 0.15) is 44.0 Å². The molecule has 3 heterocycles. The Balaban J connectivity index is 1.91. The number of carbonyl (C=O) groups is 1. The molecule has 3 rings (SSSR count). The van der Waals surface area contributed by atoms with E-state index in [-0.39, 0.29) is 18.1 Å². The first kappa shape index (κ1) is 15.6. The molecule has 0 saturated carbocycles. The maximum atomic E-state index is 12.8. The zero-order chi connectivity index (χ0) is 16.2. The van der Waals surface area contributed by atoms with Crippen molar-refractivity contribution in [3.8, 4) is 0 Å². The molecule has 5 heteroatoms. The first-order chi connectivity index (χ1) is 11.2. The van der Waals surface area contributed by atoms with Crippen molar-refractivity contribution < 1.29 is 4.79 Å². The monoisotopic (exact) mass is 312 g/mol. The molecular formula is C18H24N4O. The number of fused-ring (bicyclic) bond motifs is 1. The molecule has 1 N–H and O–H groups in total. The fourth-order valence-corrected chi connectivity index (χ4v) is 3.24. The van der Waals surface area contributed by atoms with Crippen LogP contribution in [-0.4, -0.2) is 33.1 Å². The van der Waals surface area contributed by atoms with Crippen LogP contribution in [0.25, 0.3) is 0 Å². The first-order valence-corrected chi connectivity index (χ1v) is 8.36. The molecule has 1 atom stereocenters. The maximum absolute atomic E-state index is 12.8. The Kier molecular flexibility index (Phi) is 4.65. The van der Waals surface area contributed by atoms with Crippen molar-refractivity contribution >= 4 is 6.03 Å². The molecule has 5 nitrogen and oxygen atoms in total. The Morgan fingerprint density at radius 3 is 2.83 bits per heavy atom. The fourth-order valence-electron chi connectivity index (χ4n) is 3.24. The summed E-state index contributed by atoms with van der Waals surface area (Å²) >= 11 is 0. The van der Waals surface area contributed by atoms with Gasteiger partial charge in [-0.1, -0.05) is 19.9 Å². The second-order valence-corrected chi connectivity index (χ2v) is 5.97. The van der Waals surface area contributed by atoms with Gasteiger partial charge in [0.15, 0.2) is 0 Å². The van der Waals surface area contributed by atoms with Crippen molar-refractivity contribution in [1.29, 1.82) is 0 Å². The quantitative estimate of drug-likeness (QED) is 0.942. The summed E-state index contributed by atoms with van der Waals surface area (Å²) in [5.41, 5.74) is 2.19. The lowest BCUT2D eigenvalue weighted by molar-refractivity contribution is 0.164. The van der Waals surface area contributed by atoms with Crippen LogP contribution in [0.4, 0.5) is 4.79 Å². The number of rotatable bonds is 4. The van der Waals surface area contributed by atoms with Gasteiger partial charge in [-0.3, -0.25) is 4.98 Å². The fraction of sp³-hybridized carbons (Fsp3) is 0.444. The van der Waals surface area contributed by atoms with Gasteiger partial charge in [-0.05, 0) is 36.6 Å². The number of hydrogen-bond donors (Lipinski definition) is 1. The van der Waals surface area contributed by atoms with Crippen LogP contribution >= 0.6 is 0 Å². The van der Waals surface area contributed by atoms with Crippen LogP contribution in [0.5, 0.6) is 0 Å². The molecule has 0 bridgehead atoms. The van der Waals surface area contributed by atoms with Gasteiger partial charge in [-0.2, -0.15) is 0 Å². The number of urea groups is 1. The number of aromatic nitrogens is 2. The van der Waals surface area contributed by atoms with E-state index in [1.165, 1.54) is 0 Å². The van der Waals surface area contributed by atoms with Gasteiger partial charge in [0.1, 0.15) is 6.04 Å². The van der Waals surface area contributed by atoms with Crippen molar-refractivity contribution in [2.24, 2.45) is 0 Å². The van der Waals surface area contributed by atoms with Gasteiger partial charge in [-0.15, -0.1) is 0 Å². The molecule has 0 spiro atoms. The second-order valence-electron chi connectivity index (χ2n) is 5.97. The lowest BCUT2D eigenvalue weighted by atomic mass is 10.0. The predicted molar refractivity (Wildman–Crippen MR) is 90.1 cm³/mol. The number of nitrogens with zero attached hydrogens (tertiary/aromatic N) is 3. The van der Waals surface area contributed by atoms with Crippen LogP contribution in [0.2, 0.25) is 0 Å². The molecular weight excluding hydrogens is 288 g/mol. The summed E-state index contributed by atoms with van der Waals surface area (Å²) < 4.78 is 2.22. The minimum absolute atomic E-state index is 0.0139. The molecule has 0 radical (unpaired) electrons. The van der Waals surface area contributed by atoms with E-state index in [0.29, 0.717) is 6.54 Å². The molecule has 23 heavy (non-hydrogen) atoms. The summed E-state index contributed by atoms with van der Waals surface area (Å²) in [6.45, 7) is 5.74. The van der Waals surface area contributed by atoms with Gasteiger partial charge in [0, 0.05) is 43.4 Å². The molecule has 2 aromatic heterocycles. The molecule has 2 aromatic rings. The van der Waals surface area contributed by atoms with E-state index >= 15 is 0 Å². The number of pyridine rings is 1. The van der Waals surface area contributed by atoms with E-state index in [9.17, 15) is 4.79 Å². The lowest BCUT2D eigenvalue weighted by Gasteiger charge is -2.37. The third kappa shape index (κ3) is 3.09. The molecule has 0 aliphatic carbocycles. The second kappa shape index (κ2) is 6.86. The Labute approximate surface area is 137 Å². The zero-order valence-electron chi connectivity index (χ0n) is 13.8. The van der Waals surface area contributed by atoms with E-state index < -0.39 is 0 Å². The summed E-state index contributed by atoms with van der Waals surface area (Å²) in [6.07, 6.45) is 7.59. The highest BCUT2D eigenvalue weighted by Gasteiger charge is 2.32. The molecule has 0 aromatic carbocycles. The SMILES string of the molecule is CCC(CC)NC(=O)N1CCn2cccc2[C@@H]1c1cccnc1. The molecule has 1 aliphatic rings. The van der Waals surface area contributed by atoms with Crippen molar-refractivity contribution in [1.82, 2.24) is 19.8 Å². The minimum Gasteiger partial charge on any atom is -0.348 e. The van der Waals surface area contributed by atoms with Crippen LogP contribution in [0, 0.1) is 0 Å². The highest BCUT2D eigenvalue weighted by Crippen LogP contribution is 2.32. The Bertz CT molecular complexity index is 648. The molecule has 122 valence electrons. The Hall–Kier alpha value is -2.30. The first-order valence-electron chi connectivity index (χ1n) is 8.36. The number of amides is 2. The van der Waals surface area contributed by atoms with Gasteiger partial charge in [0.05, 0.1) is 0 Å². The summed E-state index contributed by atoms with van der Waals surface area (Å²) in [5.74, 6) is 0. The van der Waals surface area contributed by atoms with Gasteiger partial charge < -0.3 is 14.8 Å². The van der Waals surface area contributed by atoms with Crippen molar-refractivity contribution in [2.75, 3.05) is 6.54 Å². The summed E-state index contributed by atoms with van der Waals surface area (Å²) in [5, 5.41) is 3.17. The van der Waals surface area contributed by atoms with E-state index in [1.807, 2.05) is 29.3 Å². The Morgan fingerprint density at radius 2 is 2.13 bits per heavy atom. The summed E-state index contributed by atoms with van der Waals surface area (Å²) in [4.78, 5) is 19.0. The van der Waals surface area contributed by atoms with E-state index in [1.54, 1.807) is 6.20 Å². The minimum atomic E-state index is -0.0817. The van der Waals surface area contributed by atoms with Crippen LogP contribution < -0.4 is 5.32 Å². The molecule has 0 saturated heterocycles. The molecule has 0 fully saturated rings. The average molecular weight is 312 g/mol. The normalized spacial score (nSPS) is 17.2. The maximum Gasteiger partial charge on any atom is 0.318 e. The Morgan fingerprint density at radius 1 is 1.30 bits per heavy atom. The largest absolute Gasteiger partial charge is 0.348 e. The summed E-state index contributed by atoms with van der Waals surface area (Å²) in [7, 11) is 0. The van der Waals surface area contributed by atoms with E-state index in [2.05, 4.69) is 41.0 Å². The third-order valence-electron chi connectivity index (χ3n) is 4.61. The molecule has 2 amide bonds. The van der Waals surface area contributed by atoms with Crippen LogP contribution in [-0.2, 0) is 6.54 Å². The van der Waals surface area contributed by atoms with Crippen molar-refractivity contribution in [2.45, 2.75) is 45.3 Å².